The average Bonchev–Trinajstić information content (AvgIpc) is 2.55. The van der Waals surface area contributed by atoms with Gasteiger partial charge in [-0.15, -0.1) is 0 Å². The quantitative estimate of drug-likeness (QED) is 0.927. The Balaban J connectivity index is 1.83. The number of aromatic hydroxyl groups is 1. The summed E-state index contributed by atoms with van der Waals surface area (Å²) in [6.45, 7) is 3.64. The van der Waals surface area contributed by atoms with E-state index in [2.05, 4.69) is 24.0 Å². The van der Waals surface area contributed by atoms with E-state index >= 15 is 0 Å². The Morgan fingerprint density at radius 1 is 1.27 bits per heavy atom. The van der Waals surface area contributed by atoms with E-state index in [1.807, 2.05) is 23.1 Å². The van der Waals surface area contributed by atoms with Gasteiger partial charge in [0.25, 0.3) is 5.91 Å². The second-order valence-corrected chi connectivity index (χ2v) is 6.19. The molecule has 0 radical (unpaired) electrons. The van der Waals surface area contributed by atoms with Crippen molar-refractivity contribution in [2.75, 3.05) is 13.1 Å². The van der Waals surface area contributed by atoms with Gasteiger partial charge < -0.3 is 10.0 Å². The van der Waals surface area contributed by atoms with Crippen molar-refractivity contribution < 1.29 is 9.90 Å². The van der Waals surface area contributed by atoms with E-state index in [4.69, 9.17) is 0 Å². The molecular formula is C18H20N2O2. The fraction of sp³-hybridized carbons (Fsp3) is 0.333. The molecule has 0 spiro atoms. The normalized spacial score (nSPS) is 21.6. The Morgan fingerprint density at radius 2 is 2.05 bits per heavy atom. The molecule has 1 aliphatic heterocycles. The lowest BCUT2D eigenvalue weighted by molar-refractivity contribution is 0.0650. The van der Waals surface area contributed by atoms with Crippen LogP contribution in [-0.4, -0.2) is 34.0 Å². The maximum Gasteiger partial charge on any atom is 0.255 e. The maximum atomic E-state index is 12.6. The summed E-state index contributed by atoms with van der Waals surface area (Å²) in [5.41, 5.74) is 1.68. The van der Waals surface area contributed by atoms with Gasteiger partial charge in [-0.25, -0.2) is 0 Å². The van der Waals surface area contributed by atoms with Gasteiger partial charge in [-0.05, 0) is 24.5 Å². The molecule has 4 nitrogen and oxygen atoms in total. The van der Waals surface area contributed by atoms with Crippen LogP contribution in [0.5, 0.6) is 5.75 Å². The summed E-state index contributed by atoms with van der Waals surface area (Å²) in [5.74, 6) is -0.0427. The van der Waals surface area contributed by atoms with Crippen LogP contribution < -0.4 is 0 Å². The van der Waals surface area contributed by atoms with Gasteiger partial charge in [0.2, 0.25) is 0 Å². The van der Waals surface area contributed by atoms with Gasteiger partial charge in [0.15, 0.2) is 0 Å². The minimum absolute atomic E-state index is 0.0219. The molecule has 4 heteroatoms. The lowest BCUT2D eigenvalue weighted by Gasteiger charge is -2.41. The number of nitrogens with zero attached hydrogens (tertiary/aromatic N) is 2. The lowest BCUT2D eigenvalue weighted by Crippen LogP contribution is -2.47. The molecule has 1 aromatic carbocycles. The van der Waals surface area contributed by atoms with Crippen molar-refractivity contribution >= 4 is 5.91 Å². The summed E-state index contributed by atoms with van der Waals surface area (Å²) in [7, 11) is 0. The number of amides is 1. The predicted octanol–water partition coefficient (Wildman–Crippen LogP) is 2.98. The molecule has 22 heavy (non-hydrogen) atoms. The van der Waals surface area contributed by atoms with E-state index in [0.29, 0.717) is 12.1 Å². The third kappa shape index (κ3) is 2.82. The molecule has 0 saturated carbocycles. The number of pyridine rings is 1. The molecule has 2 heterocycles. The first-order valence-electron chi connectivity index (χ1n) is 7.57. The van der Waals surface area contributed by atoms with Crippen LogP contribution in [0.3, 0.4) is 0 Å². The molecule has 3 rings (SSSR count). The van der Waals surface area contributed by atoms with Crippen molar-refractivity contribution in [2.24, 2.45) is 0 Å². The minimum atomic E-state index is -0.0646. The topological polar surface area (TPSA) is 53.4 Å². The highest BCUT2D eigenvalue weighted by Crippen LogP contribution is 2.34. The first kappa shape index (κ1) is 14.6. The number of piperidine rings is 1. The molecule has 2 aromatic rings. The van der Waals surface area contributed by atoms with E-state index in [1.54, 1.807) is 0 Å². The summed E-state index contributed by atoms with van der Waals surface area (Å²) in [6.07, 6.45) is 4.89. The predicted molar refractivity (Wildman–Crippen MR) is 84.8 cm³/mol. The molecule has 1 aliphatic rings. The largest absolute Gasteiger partial charge is 0.506 e. The Labute approximate surface area is 130 Å². The zero-order valence-corrected chi connectivity index (χ0v) is 12.7. The minimum Gasteiger partial charge on any atom is -0.506 e. The lowest BCUT2D eigenvalue weighted by atomic mass is 9.76. The molecule has 1 fully saturated rings. The second kappa shape index (κ2) is 5.79. The average molecular weight is 296 g/mol. The highest BCUT2D eigenvalue weighted by molar-refractivity contribution is 5.94. The molecule has 1 aromatic heterocycles. The van der Waals surface area contributed by atoms with Gasteiger partial charge in [0, 0.05) is 24.7 Å². The second-order valence-electron chi connectivity index (χ2n) is 6.19. The summed E-state index contributed by atoms with van der Waals surface area (Å²) in [6, 6.07) is 11.8. The van der Waals surface area contributed by atoms with Gasteiger partial charge in [-0.3, -0.25) is 9.78 Å². The van der Waals surface area contributed by atoms with Crippen molar-refractivity contribution in [3.8, 4) is 5.75 Å². The van der Waals surface area contributed by atoms with E-state index < -0.39 is 0 Å². The number of aromatic nitrogens is 1. The molecule has 0 bridgehead atoms. The van der Waals surface area contributed by atoms with Crippen molar-refractivity contribution in [1.82, 2.24) is 9.88 Å². The first-order valence-corrected chi connectivity index (χ1v) is 7.57. The van der Waals surface area contributed by atoms with Crippen LogP contribution in [0.15, 0.2) is 48.8 Å². The summed E-state index contributed by atoms with van der Waals surface area (Å²) in [4.78, 5) is 18.4. The molecule has 1 N–H and O–H groups in total. The standard InChI is InChI=1S/C18H20N2O2/c1-18(15-6-3-2-4-7-15)8-5-9-20(13-18)17(22)14-10-16(21)12-19-11-14/h2-4,6-7,10-12,21H,5,8-9,13H2,1H3. The number of carbonyl (C=O) groups excluding carboxylic acids is 1. The van der Waals surface area contributed by atoms with Crippen molar-refractivity contribution in [3.05, 3.63) is 59.9 Å². The Kier molecular flexibility index (Phi) is 3.84. The highest BCUT2D eigenvalue weighted by atomic mass is 16.3. The molecular weight excluding hydrogens is 276 g/mol. The molecule has 0 aliphatic carbocycles. The van der Waals surface area contributed by atoms with Gasteiger partial charge in [0.05, 0.1) is 11.8 Å². The van der Waals surface area contributed by atoms with Gasteiger partial charge in [-0.2, -0.15) is 0 Å². The van der Waals surface area contributed by atoms with E-state index in [-0.39, 0.29) is 17.1 Å². The maximum absolute atomic E-state index is 12.6. The SMILES string of the molecule is CC1(c2ccccc2)CCCN(C(=O)c2cncc(O)c2)C1. The molecule has 1 atom stereocenters. The van der Waals surface area contributed by atoms with Crippen LogP contribution in [-0.2, 0) is 5.41 Å². The third-order valence-electron chi connectivity index (χ3n) is 4.43. The third-order valence-corrected chi connectivity index (χ3v) is 4.43. The monoisotopic (exact) mass is 296 g/mol. The highest BCUT2D eigenvalue weighted by Gasteiger charge is 2.34. The fourth-order valence-corrected chi connectivity index (χ4v) is 3.22. The van der Waals surface area contributed by atoms with Crippen molar-refractivity contribution in [1.29, 1.82) is 0 Å². The van der Waals surface area contributed by atoms with Crippen LogP contribution >= 0.6 is 0 Å². The Hall–Kier alpha value is -2.36. The number of likely N-dealkylation sites (tertiary alicyclic amines) is 1. The zero-order chi connectivity index (χ0) is 15.6. The van der Waals surface area contributed by atoms with Crippen LogP contribution in [0.2, 0.25) is 0 Å². The van der Waals surface area contributed by atoms with Crippen LogP contribution in [0, 0.1) is 0 Å². The number of hydrogen-bond donors (Lipinski definition) is 1. The van der Waals surface area contributed by atoms with Gasteiger partial charge >= 0.3 is 0 Å². The smallest absolute Gasteiger partial charge is 0.255 e. The number of hydrogen-bond acceptors (Lipinski definition) is 3. The molecule has 1 saturated heterocycles. The van der Waals surface area contributed by atoms with Gasteiger partial charge in [-0.1, -0.05) is 37.3 Å². The van der Waals surface area contributed by atoms with Crippen LogP contribution in [0.25, 0.3) is 0 Å². The van der Waals surface area contributed by atoms with Crippen LogP contribution in [0.4, 0.5) is 0 Å². The molecule has 114 valence electrons. The fourth-order valence-electron chi connectivity index (χ4n) is 3.22. The van der Waals surface area contributed by atoms with Crippen molar-refractivity contribution in [2.45, 2.75) is 25.2 Å². The zero-order valence-electron chi connectivity index (χ0n) is 12.7. The number of rotatable bonds is 2. The van der Waals surface area contributed by atoms with Crippen molar-refractivity contribution in [3.63, 3.8) is 0 Å². The van der Waals surface area contributed by atoms with Gasteiger partial charge in [0.1, 0.15) is 5.75 Å². The van der Waals surface area contributed by atoms with E-state index in [1.165, 1.54) is 24.0 Å². The summed E-state index contributed by atoms with van der Waals surface area (Å²) >= 11 is 0. The molecule has 1 unspecified atom stereocenters. The molecule has 1 amide bonds. The number of carbonyl (C=O) groups is 1. The Morgan fingerprint density at radius 3 is 2.77 bits per heavy atom. The summed E-state index contributed by atoms with van der Waals surface area (Å²) < 4.78 is 0. The number of benzene rings is 1. The van der Waals surface area contributed by atoms with Crippen LogP contribution in [0.1, 0.15) is 35.7 Å². The first-order chi connectivity index (χ1) is 10.6. The Bertz CT molecular complexity index is 672. The summed E-state index contributed by atoms with van der Waals surface area (Å²) in [5, 5.41) is 9.51. The van der Waals surface area contributed by atoms with E-state index in [9.17, 15) is 9.90 Å². The van der Waals surface area contributed by atoms with E-state index in [0.717, 1.165) is 19.4 Å².